The first-order valence-corrected chi connectivity index (χ1v) is 6.15. The van der Waals surface area contributed by atoms with E-state index >= 15 is 0 Å². The van der Waals surface area contributed by atoms with E-state index in [0.717, 1.165) is 0 Å². The molecule has 0 spiro atoms. The van der Waals surface area contributed by atoms with E-state index in [1.165, 1.54) is 18.2 Å². The number of aliphatic carboxylic acids is 1. The normalized spacial score (nSPS) is 23.7. The van der Waals surface area contributed by atoms with Gasteiger partial charge in [0.25, 0.3) is 0 Å². The highest BCUT2D eigenvalue weighted by Gasteiger charge is 2.65. The molecule has 0 bridgehead atoms. The molecule has 2 atom stereocenters. The Morgan fingerprint density at radius 2 is 1.95 bits per heavy atom. The Bertz CT molecular complexity index is 556. The Morgan fingerprint density at radius 1 is 1.32 bits per heavy atom. The van der Waals surface area contributed by atoms with Gasteiger partial charge in [0.05, 0.1) is 16.9 Å². The van der Waals surface area contributed by atoms with Crippen LogP contribution in [0.2, 0.25) is 5.02 Å². The molecule has 0 heterocycles. The molecule has 6 heteroatoms. The van der Waals surface area contributed by atoms with Crippen molar-refractivity contribution in [1.29, 1.82) is 0 Å². The summed E-state index contributed by atoms with van der Waals surface area (Å²) < 4.78 is 0. The predicted molar refractivity (Wildman–Crippen MR) is 70.1 cm³/mol. The van der Waals surface area contributed by atoms with Gasteiger partial charge in [-0.15, -0.1) is 0 Å². The number of phenolic OH excluding ortho intramolecular Hbond substituents is 1. The minimum atomic E-state index is -0.964. The second-order valence-electron chi connectivity index (χ2n) is 5.27. The number of anilines is 1. The summed E-state index contributed by atoms with van der Waals surface area (Å²) >= 11 is 5.73. The predicted octanol–water partition coefficient (Wildman–Crippen LogP) is 2.34. The lowest BCUT2D eigenvalue weighted by Gasteiger charge is -2.07. The van der Waals surface area contributed by atoms with Crippen molar-refractivity contribution in [2.24, 2.45) is 17.3 Å². The lowest BCUT2D eigenvalue weighted by atomic mass is 10.1. The van der Waals surface area contributed by atoms with E-state index in [-0.39, 0.29) is 16.7 Å². The number of hydrogen-bond acceptors (Lipinski definition) is 3. The molecule has 1 aromatic carbocycles. The van der Waals surface area contributed by atoms with Crippen molar-refractivity contribution in [2.75, 3.05) is 5.32 Å². The SMILES string of the molecule is CC1(C)[C@H](C(=O)O)[C@@H]1C(=O)Nc1ccc(O)c(Cl)c1. The number of halogens is 1. The molecule has 3 N–H and O–H groups in total. The third-order valence-corrected chi connectivity index (χ3v) is 3.89. The van der Waals surface area contributed by atoms with Gasteiger partial charge in [-0.25, -0.2) is 0 Å². The zero-order valence-corrected chi connectivity index (χ0v) is 11.2. The summed E-state index contributed by atoms with van der Waals surface area (Å²) in [5.41, 5.74) is -0.115. The fraction of sp³-hybridized carbons (Fsp3) is 0.385. The van der Waals surface area contributed by atoms with Crippen LogP contribution >= 0.6 is 11.6 Å². The number of rotatable bonds is 3. The van der Waals surface area contributed by atoms with Crippen molar-refractivity contribution >= 4 is 29.2 Å². The number of phenols is 1. The number of carboxylic acid groups (broad SMARTS) is 1. The van der Waals surface area contributed by atoms with Crippen molar-refractivity contribution in [3.63, 3.8) is 0 Å². The van der Waals surface area contributed by atoms with Crippen molar-refractivity contribution in [3.05, 3.63) is 23.2 Å². The van der Waals surface area contributed by atoms with Crippen molar-refractivity contribution < 1.29 is 19.8 Å². The first-order valence-electron chi connectivity index (χ1n) is 5.77. The van der Waals surface area contributed by atoms with Gasteiger partial charge in [-0.3, -0.25) is 9.59 Å². The first kappa shape index (κ1) is 13.7. The molecule has 5 nitrogen and oxygen atoms in total. The first-order chi connectivity index (χ1) is 8.75. The average molecular weight is 284 g/mol. The highest BCUT2D eigenvalue weighted by atomic mass is 35.5. The molecule has 0 saturated heterocycles. The van der Waals surface area contributed by atoms with Gasteiger partial charge >= 0.3 is 5.97 Å². The molecule has 0 aromatic heterocycles. The van der Waals surface area contributed by atoms with Gasteiger partial charge in [-0.1, -0.05) is 25.4 Å². The van der Waals surface area contributed by atoms with Gasteiger partial charge in [0.1, 0.15) is 5.75 Å². The van der Waals surface area contributed by atoms with E-state index in [0.29, 0.717) is 5.69 Å². The molecular formula is C13H14ClNO4. The van der Waals surface area contributed by atoms with Gasteiger partial charge in [0, 0.05) is 5.69 Å². The lowest BCUT2D eigenvalue weighted by molar-refractivity contribution is -0.140. The third kappa shape index (κ3) is 2.38. The number of hydrogen-bond donors (Lipinski definition) is 3. The maximum atomic E-state index is 12.0. The van der Waals surface area contributed by atoms with Crippen molar-refractivity contribution in [2.45, 2.75) is 13.8 Å². The van der Waals surface area contributed by atoms with Crippen LogP contribution in [0.4, 0.5) is 5.69 Å². The van der Waals surface area contributed by atoms with Crippen molar-refractivity contribution in [1.82, 2.24) is 0 Å². The Balaban J connectivity index is 2.10. The lowest BCUT2D eigenvalue weighted by Crippen LogP contribution is -2.17. The fourth-order valence-electron chi connectivity index (χ4n) is 2.39. The Hall–Kier alpha value is -1.75. The number of carbonyl (C=O) groups is 2. The average Bonchev–Trinajstić information content (AvgIpc) is 2.87. The smallest absolute Gasteiger partial charge is 0.307 e. The fourth-order valence-corrected chi connectivity index (χ4v) is 2.57. The van der Waals surface area contributed by atoms with Crippen LogP contribution in [0.3, 0.4) is 0 Å². The van der Waals surface area contributed by atoms with Crippen LogP contribution in [-0.4, -0.2) is 22.1 Å². The maximum absolute atomic E-state index is 12.0. The van der Waals surface area contributed by atoms with E-state index in [1.54, 1.807) is 13.8 Å². The maximum Gasteiger partial charge on any atom is 0.307 e. The molecule has 1 aromatic rings. The Labute approximate surface area is 115 Å². The van der Waals surface area contributed by atoms with E-state index in [2.05, 4.69) is 5.32 Å². The number of aromatic hydroxyl groups is 1. The number of amides is 1. The second-order valence-corrected chi connectivity index (χ2v) is 5.68. The highest BCUT2D eigenvalue weighted by molar-refractivity contribution is 6.32. The summed E-state index contributed by atoms with van der Waals surface area (Å²) in [6.45, 7) is 3.50. The molecule has 1 saturated carbocycles. The van der Waals surface area contributed by atoms with E-state index in [9.17, 15) is 14.7 Å². The molecular weight excluding hydrogens is 270 g/mol. The van der Waals surface area contributed by atoms with Gasteiger partial charge in [-0.2, -0.15) is 0 Å². The Kier molecular flexibility index (Phi) is 3.18. The monoisotopic (exact) mass is 283 g/mol. The summed E-state index contributed by atoms with van der Waals surface area (Å²) in [6, 6.07) is 4.29. The molecule has 1 amide bonds. The third-order valence-electron chi connectivity index (χ3n) is 3.59. The van der Waals surface area contributed by atoms with Crippen molar-refractivity contribution in [3.8, 4) is 5.75 Å². The summed E-state index contributed by atoms with van der Waals surface area (Å²) in [4.78, 5) is 23.0. The highest BCUT2D eigenvalue weighted by Crippen LogP contribution is 2.58. The van der Waals surface area contributed by atoms with Crippen LogP contribution < -0.4 is 5.32 Å². The molecule has 102 valence electrons. The topological polar surface area (TPSA) is 86.6 Å². The summed E-state index contributed by atoms with van der Waals surface area (Å²) in [5.74, 6) is -2.61. The summed E-state index contributed by atoms with van der Waals surface area (Å²) in [7, 11) is 0. The second kappa shape index (κ2) is 4.42. The molecule has 19 heavy (non-hydrogen) atoms. The van der Waals surface area contributed by atoms with Crippen LogP contribution in [0.15, 0.2) is 18.2 Å². The Morgan fingerprint density at radius 3 is 2.42 bits per heavy atom. The molecule has 1 fully saturated rings. The molecule has 0 unspecified atom stereocenters. The number of nitrogens with one attached hydrogen (secondary N) is 1. The van der Waals surface area contributed by atoms with Gasteiger partial charge in [-0.05, 0) is 23.6 Å². The number of carbonyl (C=O) groups excluding carboxylic acids is 1. The van der Waals surface area contributed by atoms with Gasteiger partial charge < -0.3 is 15.5 Å². The van der Waals surface area contributed by atoms with Gasteiger partial charge in [0.2, 0.25) is 5.91 Å². The number of carboxylic acids is 1. The molecule has 0 radical (unpaired) electrons. The molecule has 1 aliphatic carbocycles. The van der Waals surface area contributed by atoms with E-state index < -0.39 is 23.2 Å². The summed E-state index contributed by atoms with van der Waals surface area (Å²) in [5, 5.41) is 21.0. The molecule has 1 aliphatic rings. The van der Waals surface area contributed by atoms with E-state index in [1.807, 2.05) is 0 Å². The zero-order valence-electron chi connectivity index (χ0n) is 10.5. The van der Waals surface area contributed by atoms with Crippen LogP contribution in [0.1, 0.15) is 13.8 Å². The van der Waals surface area contributed by atoms with E-state index in [4.69, 9.17) is 16.7 Å². The van der Waals surface area contributed by atoms with Gasteiger partial charge in [0.15, 0.2) is 0 Å². The number of benzene rings is 1. The van der Waals surface area contributed by atoms with Crippen LogP contribution in [0.5, 0.6) is 5.75 Å². The largest absolute Gasteiger partial charge is 0.506 e. The van der Waals surface area contributed by atoms with Crippen LogP contribution in [0.25, 0.3) is 0 Å². The minimum absolute atomic E-state index is 0.0742. The molecule has 0 aliphatic heterocycles. The quantitative estimate of drug-likeness (QED) is 0.743. The van der Waals surface area contributed by atoms with Crippen LogP contribution in [0, 0.1) is 17.3 Å². The van der Waals surface area contributed by atoms with Crippen LogP contribution in [-0.2, 0) is 9.59 Å². The summed E-state index contributed by atoms with van der Waals surface area (Å²) in [6.07, 6.45) is 0. The zero-order chi connectivity index (χ0) is 14.4. The molecule has 2 rings (SSSR count). The standard InChI is InChI=1S/C13H14ClNO4/c1-13(2)9(10(13)12(18)19)11(17)15-6-3-4-8(16)7(14)5-6/h3-5,9-10,16H,1-2H3,(H,15,17)(H,18,19)/t9-,10+/m1/s1. The minimum Gasteiger partial charge on any atom is -0.506 e.